The molecule has 0 radical (unpaired) electrons. The zero-order valence-electron chi connectivity index (χ0n) is 14.9. The van der Waals surface area contributed by atoms with Gasteiger partial charge in [-0.2, -0.15) is 0 Å². The summed E-state index contributed by atoms with van der Waals surface area (Å²) in [7, 11) is 0. The molecule has 2 aromatic carbocycles. The zero-order chi connectivity index (χ0) is 17.1. The minimum atomic E-state index is -1.08. The van der Waals surface area contributed by atoms with E-state index >= 15 is 0 Å². The summed E-state index contributed by atoms with van der Waals surface area (Å²) < 4.78 is 0. The van der Waals surface area contributed by atoms with Gasteiger partial charge in [-0.05, 0) is 37.8 Å². The lowest BCUT2D eigenvalue weighted by Crippen LogP contribution is -2.57. The number of hydrogen-bond acceptors (Lipinski definition) is 2. The van der Waals surface area contributed by atoms with Crippen LogP contribution in [0.1, 0.15) is 45.7 Å². The van der Waals surface area contributed by atoms with E-state index in [2.05, 4.69) is 39.9 Å². The second-order valence-corrected chi connectivity index (χ2v) is 7.61. The second-order valence-electron chi connectivity index (χ2n) is 7.61. The van der Waals surface area contributed by atoms with Crippen molar-refractivity contribution in [2.75, 3.05) is 0 Å². The first-order chi connectivity index (χ1) is 10.7. The molecule has 1 atom stereocenters. The summed E-state index contributed by atoms with van der Waals surface area (Å²) in [6.07, 6.45) is 0. The van der Waals surface area contributed by atoms with E-state index in [0.717, 1.165) is 11.1 Å². The molecule has 0 spiro atoms. The van der Waals surface area contributed by atoms with E-state index in [4.69, 9.17) is 0 Å². The fourth-order valence-electron chi connectivity index (χ4n) is 3.13. The van der Waals surface area contributed by atoms with Crippen molar-refractivity contribution in [3.05, 3.63) is 71.8 Å². The number of benzene rings is 2. The third kappa shape index (κ3) is 4.01. The monoisotopic (exact) mass is 311 g/mol. The van der Waals surface area contributed by atoms with Gasteiger partial charge in [0.15, 0.2) is 0 Å². The van der Waals surface area contributed by atoms with E-state index in [0.29, 0.717) is 0 Å². The molecule has 2 N–H and O–H groups in total. The minimum Gasteiger partial charge on any atom is -0.379 e. The first-order valence-electron chi connectivity index (χ1n) is 8.36. The predicted octanol–water partition coefficient (Wildman–Crippen LogP) is 4.34. The van der Waals surface area contributed by atoms with Crippen LogP contribution in [0.5, 0.6) is 0 Å². The van der Waals surface area contributed by atoms with Gasteiger partial charge in [-0.15, -0.1) is 0 Å². The van der Waals surface area contributed by atoms with Crippen LogP contribution < -0.4 is 5.32 Å². The van der Waals surface area contributed by atoms with Gasteiger partial charge in [-0.1, -0.05) is 74.5 Å². The molecule has 0 saturated heterocycles. The van der Waals surface area contributed by atoms with E-state index in [1.54, 1.807) is 0 Å². The Balaban J connectivity index is 2.61. The van der Waals surface area contributed by atoms with Crippen LogP contribution in [0.3, 0.4) is 0 Å². The fraction of sp³-hybridized carbons (Fsp3) is 0.429. The lowest BCUT2D eigenvalue weighted by atomic mass is 9.75. The molecule has 23 heavy (non-hydrogen) atoms. The number of hydrogen-bond donors (Lipinski definition) is 2. The summed E-state index contributed by atoms with van der Waals surface area (Å²) in [5.74, 6) is 0.264. The standard InChI is InChI=1S/C21H29NO/c1-16(2)19(22-20(3,4)5)21(23,17-12-8-6-9-13-17)18-14-10-7-11-15-18/h6-16,19,22-23H,1-5H3/t19-/m1/s1. The maximum Gasteiger partial charge on any atom is 0.130 e. The van der Waals surface area contributed by atoms with Gasteiger partial charge in [0.1, 0.15) is 5.60 Å². The molecule has 0 aromatic heterocycles. The topological polar surface area (TPSA) is 32.3 Å². The Kier molecular flexibility index (Phi) is 5.28. The molecule has 124 valence electrons. The van der Waals surface area contributed by atoms with Crippen LogP contribution in [0.25, 0.3) is 0 Å². The Morgan fingerprint density at radius 2 is 1.17 bits per heavy atom. The minimum absolute atomic E-state index is 0.0908. The van der Waals surface area contributed by atoms with Crippen LogP contribution in [0.15, 0.2) is 60.7 Å². The number of nitrogens with one attached hydrogen (secondary N) is 1. The molecule has 0 heterocycles. The van der Waals surface area contributed by atoms with Crippen LogP contribution in [-0.2, 0) is 5.60 Å². The first kappa shape index (κ1) is 17.7. The van der Waals surface area contributed by atoms with Crippen molar-refractivity contribution < 1.29 is 5.11 Å². The Bertz CT molecular complexity index is 559. The normalized spacial score (nSPS) is 14.0. The lowest BCUT2D eigenvalue weighted by Gasteiger charge is -2.43. The van der Waals surface area contributed by atoms with E-state index in [-0.39, 0.29) is 17.5 Å². The summed E-state index contributed by atoms with van der Waals surface area (Å²) >= 11 is 0. The highest BCUT2D eigenvalue weighted by Crippen LogP contribution is 2.36. The van der Waals surface area contributed by atoms with Crippen molar-refractivity contribution in [3.63, 3.8) is 0 Å². The van der Waals surface area contributed by atoms with Crippen molar-refractivity contribution >= 4 is 0 Å². The van der Waals surface area contributed by atoms with Crippen molar-refractivity contribution in [2.24, 2.45) is 5.92 Å². The van der Waals surface area contributed by atoms with Gasteiger partial charge in [0.25, 0.3) is 0 Å². The SMILES string of the molecule is CC(C)[C@@H](NC(C)(C)C)C(O)(c1ccccc1)c1ccccc1. The number of rotatable bonds is 5. The molecule has 2 nitrogen and oxygen atoms in total. The molecule has 0 bridgehead atoms. The van der Waals surface area contributed by atoms with Crippen LogP contribution in [0.2, 0.25) is 0 Å². The third-order valence-electron chi connectivity index (χ3n) is 4.13. The molecule has 0 fully saturated rings. The van der Waals surface area contributed by atoms with Gasteiger partial charge in [-0.25, -0.2) is 0 Å². The summed E-state index contributed by atoms with van der Waals surface area (Å²) in [4.78, 5) is 0. The molecule has 0 aliphatic heterocycles. The molecule has 0 aliphatic rings. The van der Waals surface area contributed by atoms with E-state index in [9.17, 15) is 5.11 Å². The van der Waals surface area contributed by atoms with Crippen LogP contribution in [0, 0.1) is 5.92 Å². The van der Waals surface area contributed by atoms with Gasteiger partial charge in [0.05, 0.1) is 0 Å². The fourth-order valence-corrected chi connectivity index (χ4v) is 3.13. The first-order valence-corrected chi connectivity index (χ1v) is 8.36. The highest BCUT2D eigenvalue weighted by Gasteiger charge is 2.43. The summed E-state index contributed by atoms with van der Waals surface area (Å²) in [5, 5.41) is 15.5. The maximum atomic E-state index is 11.9. The quantitative estimate of drug-likeness (QED) is 0.861. The Morgan fingerprint density at radius 1 is 0.783 bits per heavy atom. The van der Waals surface area contributed by atoms with Gasteiger partial charge in [0.2, 0.25) is 0 Å². The molecule has 2 heteroatoms. The largest absolute Gasteiger partial charge is 0.379 e. The highest BCUT2D eigenvalue weighted by molar-refractivity contribution is 5.38. The number of aliphatic hydroxyl groups is 1. The highest BCUT2D eigenvalue weighted by atomic mass is 16.3. The molecule has 2 rings (SSSR count). The van der Waals surface area contributed by atoms with E-state index in [1.165, 1.54) is 0 Å². The van der Waals surface area contributed by atoms with Crippen LogP contribution >= 0.6 is 0 Å². The average molecular weight is 311 g/mol. The summed E-state index contributed by atoms with van der Waals surface area (Å²) in [6.45, 7) is 10.7. The molecular formula is C21H29NO. The zero-order valence-corrected chi connectivity index (χ0v) is 14.9. The van der Waals surface area contributed by atoms with E-state index in [1.807, 2.05) is 60.7 Å². The average Bonchev–Trinajstić information content (AvgIpc) is 2.52. The lowest BCUT2D eigenvalue weighted by molar-refractivity contribution is 0.00872. The maximum absolute atomic E-state index is 11.9. The Morgan fingerprint density at radius 3 is 1.48 bits per heavy atom. The third-order valence-corrected chi connectivity index (χ3v) is 4.13. The smallest absolute Gasteiger partial charge is 0.130 e. The van der Waals surface area contributed by atoms with Gasteiger partial charge >= 0.3 is 0 Å². The molecule has 0 saturated carbocycles. The second kappa shape index (κ2) is 6.86. The predicted molar refractivity (Wildman–Crippen MR) is 97.4 cm³/mol. The van der Waals surface area contributed by atoms with Crippen molar-refractivity contribution in [2.45, 2.75) is 51.8 Å². The van der Waals surface area contributed by atoms with Crippen LogP contribution in [-0.4, -0.2) is 16.7 Å². The Labute approximate surface area is 140 Å². The molecule has 2 aromatic rings. The van der Waals surface area contributed by atoms with Gasteiger partial charge in [-0.3, -0.25) is 0 Å². The van der Waals surface area contributed by atoms with E-state index < -0.39 is 5.60 Å². The van der Waals surface area contributed by atoms with Crippen LogP contribution in [0.4, 0.5) is 0 Å². The van der Waals surface area contributed by atoms with Crippen molar-refractivity contribution in [1.82, 2.24) is 5.32 Å². The Hall–Kier alpha value is -1.64. The molecule has 0 aliphatic carbocycles. The van der Waals surface area contributed by atoms with Crippen molar-refractivity contribution in [3.8, 4) is 0 Å². The van der Waals surface area contributed by atoms with Gasteiger partial charge in [0, 0.05) is 11.6 Å². The van der Waals surface area contributed by atoms with Gasteiger partial charge < -0.3 is 10.4 Å². The van der Waals surface area contributed by atoms with Crippen molar-refractivity contribution in [1.29, 1.82) is 0 Å². The molecule has 0 unspecified atom stereocenters. The molecule has 0 amide bonds. The summed E-state index contributed by atoms with van der Waals surface area (Å²) in [5.41, 5.74) is 0.666. The molecular weight excluding hydrogens is 282 g/mol. The summed E-state index contributed by atoms with van der Waals surface area (Å²) in [6, 6.07) is 19.8.